The molecule has 0 saturated heterocycles. The highest BCUT2D eigenvalue weighted by Crippen LogP contribution is 2.31. The molecule has 0 aliphatic rings. The Balaban J connectivity index is 1.51. The third kappa shape index (κ3) is 7.84. The van der Waals surface area contributed by atoms with Gasteiger partial charge in [-0.25, -0.2) is 14.2 Å². The average Bonchev–Trinajstić information content (AvgIpc) is 3.35. The van der Waals surface area contributed by atoms with E-state index >= 15 is 4.39 Å². The van der Waals surface area contributed by atoms with E-state index in [9.17, 15) is 4.79 Å². The number of aromatic nitrogens is 3. The highest BCUT2D eigenvalue weighted by molar-refractivity contribution is 6.31. The van der Waals surface area contributed by atoms with Crippen molar-refractivity contribution in [3.05, 3.63) is 93.8 Å². The highest BCUT2D eigenvalue weighted by Gasteiger charge is 2.16. The summed E-state index contributed by atoms with van der Waals surface area (Å²) in [6.45, 7) is 8.42. The van der Waals surface area contributed by atoms with Gasteiger partial charge in [-0.2, -0.15) is 4.98 Å². The van der Waals surface area contributed by atoms with Crippen LogP contribution in [0.25, 0.3) is 28.0 Å². The maximum atomic E-state index is 15.1. The lowest BCUT2D eigenvalue weighted by atomic mass is 10.0. The van der Waals surface area contributed by atoms with E-state index in [0.29, 0.717) is 40.9 Å². The van der Waals surface area contributed by atoms with Gasteiger partial charge in [-0.3, -0.25) is 4.57 Å². The number of halogens is 2. The molecule has 222 valence electrons. The van der Waals surface area contributed by atoms with E-state index in [4.69, 9.17) is 28.8 Å². The van der Waals surface area contributed by atoms with Crippen LogP contribution in [0.2, 0.25) is 5.02 Å². The average molecular weight is 593 g/mol. The second-order valence-corrected chi connectivity index (χ2v) is 11.1. The first kappa shape index (κ1) is 31.0. The number of nitrogens with zero attached hydrogens (tertiary/aromatic N) is 3. The van der Waals surface area contributed by atoms with E-state index in [1.807, 2.05) is 31.2 Å². The molecule has 9 nitrogen and oxygen atoms in total. The predicted octanol–water partition coefficient (Wildman–Crippen LogP) is 4.54. The number of H-pyrrole nitrogens is 1. The zero-order valence-electron chi connectivity index (χ0n) is 23.9. The molecule has 3 atom stereocenters. The van der Waals surface area contributed by atoms with Crippen molar-refractivity contribution < 1.29 is 4.39 Å². The van der Waals surface area contributed by atoms with Crippen LogP contribution in [-0.4, -0.2) is 38.6 Å². The zero-order chi connectivity index (χ0) is 30.4. The van der Waals surface area contributed by atoms with Crippen molar-refractivity contribution in [1.29, 1.82) is 0 Å². The molecule has 4 aromatic rings. The molecule has 0 unspecified atom stereocenters. The molecule has 2 aromatic heterocycles. The van der Waals surface area contributed by atoms with Crippen LogP contribution in [0.1, 0.15) is 44.2 Å². The van der Waals surface area contributed by atoms with Gasteiger partial charge < -0.3 is 27.5 Å². The number of fused-ring (bicyclic) bond motifs is 1. The lowest BCUT2D eigenvalue weighted by Gasteiger charge is -2.17. The van der Waals surface area contributed by atoms with Gasteiger partial charge in [0, 0.05) is 35.8 Å². The number of benzene rings is 2. The Morgan fingerprint density at radius 1 is 1.21 bits per heavy atom. The lowest BCUT2D eigenvalue weighted by Crippen LogP contribution is -2.31. The van der Waals surface area contributed by atoms with Gasteiger partial charge >= 0.3 is 5.69 Å². The smallest absolute Gasteiger partial charge is 0.354 e. The van der Waals surface area contributed by atoms with Gasteiger partial charge in [0.05, 0.1) is 22.4 Å². The van der Waals surface area contributed by atoms with Gasteiger partial charge in [0.1, 0.15) is 5.65 Å². The lowest BCUT2D eigenvalue weighted by molar-refractivity contribution is 0.493. The van der Waals surface area contributed by atoms with Crippen molar-refractivity contribution in [1.82, 2.24) is 19.9 Å². The van der Waals surface area contributed by atoms with Crippen molar-refractivity contribution in [2.24, 2.45) is 22.2 Å². The Labute approximate surface area is 249 Å². The molecule has 2 aromatic carbocycles. The third-order valence-corrected chi connectivity index (χ3v) is 7.34. The number of nitrogens with one attached hydrogen (secondary N) is 2. The maximum Gasteiger partial charge on any atom is 0.354 e. The second-order valence-electron chi connectivity index (χ2n) is 10.7. The van der Waals surface area contributed by atoms with Crippen molar-refractivity contribution in [3.8, 4) is 16.9 Å². The molecule has 0 fully saturated rings. The van der Waals surface area contributed by atoms with E-state index in [2.05, 4.69) is 33.8 Å². The van der Waals surface area contributed by atoms with E-state index in [1.54, 1.807) is 30.5 Å². The number of aromatic amines is 1. The van der Waals surface area contributed by atoms with Crippen LogP contribution in [0.5, 0.6) is 0 Å². The number of aryl methyl sites for hydroxylation is 1. The van der Waals surface area contributed by atoms with Gasteiger partial charge in [0.2, 0.25) is 0 Å². The van der Waals surface area contributed by atoms with Crippen LogP contribution in [0.4, 0.5) is 4.39 Å². The van der Waals surface area contributed by atoms with Crippen LogP contribution in [-0.2, 0) is 13.0 Å². The Hall–Kier alpha value is -3.99. The summed E-state index contributed by atoms with van der Waals surface area (Å²) < 4.78 is 16.5. The van der Waals surface area contributed by atoms with E-state index in [-0.39, 0.29) is 29.1 Å². The van der Waals surface area contributed by atoms with Gasteiger partial charge in [0.15, 0.2) is 11.8 Å². The first-order valence-corrected chi connectivity index (χ1v) is 14.3. The molecule has 2 heterocycles. The normalized spacial score (nSPS) is 13.5. The molecular formula is C31H38ClFN8O. The first-order chi connectivity index (χ1) is 20.0. The standard InChI is InChI=1S/C31H38ClFN8O/c1-4-23(38-30(35)36)12-19(3)37-16-20-8-10-24(11-9-20)41-17-22-15-27(39-29(22)40-31(41)42)25-13-21(7-5-6-18(2)34)14-26(32)28(25)33/h4,8-11,13-15,17-19,23,37H,1,5-7,12,16,34H2,2-3H3,(H4,35,36,38)(H,39,40,42)/t18-,19-,23+/m0/s1. The molecule has 42 heavy (non-hydrogen) atoms. The van der Waals surface area contributed by atoms with Crippen LogP contribution in [0, 0.1) is 5.82 Å². The Morgan fingerprint density at radius 3 is 2.62 bits per heavy atom. The van der Waals surface area contributed by atoms with Gasteiger partial charge in [-0.05, 0) is 81.0 Å². The summed E-state index contributed by atoms with van der Waals surface area (Å²) in [6.07, 6.45) is 6.58. The van der Waals surface area contributed by atoms with Crippen molar-refractivity contribution in [3.63, 3.8) is 0 Å². The summed E-state index contributed by atoms with van der Waals surface area (Å²) in [7, 11) is 0. The van der Waals surface area contributed by atoms with E-state index in [0.717, 1.165) is 30.4 Å². The number of nitrogens with two attached hydrogens (primary N) is 3. The molecule has 0 bridgehead atoms. The summed E-state index contributed by atoms with van der Waals surface area (Å²) in [5.41, 5.74) is 20.2. The number of aliphatic imine (C=N–C) groups is 1. The highest BCUT2D eigenvalue weighted by atomic mass is 35.5. The molecule has 0 radical (unpaired) electrons. The van der Waals surface area contributed by atoms with Gasteiger partial charge in [-0.1, -0.05) is 29.8 Å². The summed E-state index contributed by atoms with van der Waals surface area (Å²) in [4.78, 5) is 24.4. The minimum atomic E-state index is -0.524. The molecule has 8 N–H and O–H groups in total. The summed E-state index contributed by atoms with van der Waals surface area (Å²) in [6, 6.07) is 12.9. The van der Waals surface area contributed by atoms with E-state index < -0.39 is 11.5 Å². The largest absolute Gasteiger partial charge is 0.370 e. The molecule has 0 saturated carbocycles. The fourth-order valence-electron chi connectivity index (χ4n) is 4.84. The third-order valence-electron chi connectivity index (χ3n) is 7.06. The maximum absolute atomic E-state index is 15.1. The zero-order valence-corrected chi connectivity index (χ0v) is 24.7. The molecule has 11 heteroatoms. The van der Waals surface area contributed by atoms with Crippen molar-refractivity contribution >= 4 is 28.6 Å². The minimum Gasteiger partial charge on any atom is -0.370 e. The second kappa shape index (κ2) is 13.8. The monoisotopic (exact) mass is 592 g/mol. The fourth-order valence-corrected chi connectivity index (χ4v) is 5.09. The van der Waals surface area contributed by atoms with Crippen LogP contribution in [0.15, 0.2) is 71.1 Å². The van der Waals surface area contributed by atoms with Crippen molar-refractivity contribution in [2.45, 2.75) is 64.2 Å². The number of guanidine groups is 1. The van der Waals surface area contributed by atoms with Gasteiger partial charge in [-0.15, -0.1) is 6.58 Å². The molecule has 0 aliphatic heterocycles. The number of hydrogen-bond donors (Lipinski definition) is 5. The molecular weight excluding hydrogens is 555 g/mol. The Kier molecular flexibility index (Phi) is 10.2. The molecule has 4 rings (SSSR count). The quantitative estimate of drug-likeness (QED) is 0.0872. The summed E-state index contributed by atoms with van der Waals surface area (Å²) in [5, 5.41) is 4.16. The van der Waals surface area contributed by atoms with Crippen LogP contribution < -0.4 is 28.2 Å². The number of rotatable bonds is 13. The summed E-state index contributed by atoms with van der Waals surface area (Å²) in [5.74, 6) is -0.486. The first-order valence-electron chi connectivity index (χ1n) is 13.9. The molecule has 0 amide bonds. The van der Waals surface area contributed by atoms with Crippen LogP contribution >= 0.6 is 11.6 Å². The Morgan fingerprint density at radius 2 is 1.95 bits per heavy atom. The predicted molar refractivity (Wildman–Crippen MR) is 169 cm³/mol. The van der Waals surface area contributed by atoms with Crippen LogP contribution in [0.3, 0.4) is 0 Å². The molecule has 0 aliphatic carbocycles. The summed E-state index contributed by atoms with van der Waals surface area (Å²) >= 11 is 6.23. The van der Waals surface area contributed by atoms with Gasteiger partial charge in [0.25, 0.3) is 0 Å². The number of hydrogen-bond acceptors (Lipinski definition) is 5. The Bertz CT molecular complexity index is 1620. The SMILES string of the molecule is C=C[C@H](C[C@H](C)NCc1ccc(-n2cc3cc(-c4cc(CCC[C@H](C)N)cc(Cl)c4F)[nH]c3nc2=O)cc1)N=C(N)N. The fraction of sp³-hybridized carbons (Fsp3) is 0.323. The van der Waals surface area contributed by atoms with Crippen molar-refractivity contribution in [2.75, 3.05) is 0 Å². The van der Waals surface area contributed by atoms with E-state index in [1.165, 1.54) is 4.57 Å². The minimum absolute atomic E-state index is 0.0380. The molecule has 0 spiro atoms. The topological polar surface area (TPSA) is 153 Å².